The lowest BCUT2D eigenvalue weighted by Crippen LogP contribution is -2.31. The van der Waals surface area contributed by atoms with E-state index in [2.05, 4.69) is 48.5 Å². The van der Waals surface area contributed by atoms with Crippen molar-refractivity contribution in [2.24, 2.45) is 0 Å². The summed E-state index contributed by atoms with van der Waals surface area (Å²) in [6.07, 6.45) is 1.21. The largest absolute Gasteiger partial charge is 0.375 e. The van der Waals surface area contributed by atoms with Gasteiger partial charge < -0.3 is 9.64 Å². The molecule has 0 radical (unpaired) electrons. The van der Waals surface area contributed by atoms with Gasteiger partial charge >= 0.3 is 0 Å². The summed E-state index contributed by atoms with van der Waals surface area (Å²) in [5.41, 5.74) is -0.00512. The normalized spacial score (nSPS) is 12.4. The highest BCUT2D eigenvalue weighted by molar-refractivity contribution is 9.09. The highest BCUT2D eigenvalue weighted by atomic mass is 79.9. The first-order valence-corrected chi connectivity index (χ1v) is 6.54. The van der Waals surface area contributed by atoms with Gasteiger partial charge in [0.15, 0.2) is 0 Å². The van der Waals surface area contributed by atoms with Crippen molar-refractivity contribution in [2.45, 2.75) is 39.7 Å². The summed E-state index contributed by atoms with van der Waals surface area (Å²) < 4.78 is 5.69. The van der Waals surface area contributed by atoms with Crippen LogP contribution >= 0.6 is 15.9 Å². The Kier molecular flexibility index (Phi) is 7.88. The molecule has 0 aromatic rings. The highest BCUT2D eigenvalue weighted by Gasteiger charge is 2.10. The molecule has 0 unspecified atom stereocenters. The Morgan fingerprint density at radius 2 is 1.86 bits per heavy atom. The maximum atomic E-state index is 5.69. The third kappa shape index (κ3) is 8.97. The molecule has 0 aromatic carbocycles. The predicted molar refractivity (Wildman–Crippen MR) is 66.2 cm³/mol. The quantitative estimate of drug-likeness (QED) is 0.657. The van der Waals surface area contributed by atoms with E-state index in [1.54, 1.807) is 0 Å². The third-order valence-corrected chi connectivity index (χ3v) is 2.56. The van der Waals surface area contributed by atoms with Crippen LogP contribution in [0.4, 0.5) is 0 Å². The fourth-order valence-corrected chi connectivity index (χ4v) is 1.44. The fourth-order valence-electron chi connectivity index (χ4n) is 1.19. The van der Waals surface area contributed by atoms with Crippen molar-refractivity contribution < 1.29 is 4.74 Å². The van der Waals surface area contributed by atoms with E-state index in [-0.39, 0.29) is 5.60 Å². The fraction of sp³-hybridized carbons (Fsp3) is 1.00. The second-order valence-electron chi connectivity index (χ2n) is 4.44. The van der Waals surface area contributed by atoms with Crippen molar-refractivity contribution in [3.63, 3.8) is 0 Å². The smallest absolute Gasteiger partial charge is 0.0600 e. The summed E-state index contributed by atoms with van der Waals surface area (Å²) in [6, 6.07) is 0. The van der Waals surface area contributed by atoms with Gasteiger partial charge in [0.25, 0.3) is 0 Å². The molecule has 0 aliphatic heterocycles. The van der Waals surface area contributed by atoms with Crippen molar-refractivity contribution in [1.29, 1.82) is 0 Å². The average Bonchev–Trinajstić information content (AvgIpc) is 2.09. The Morgan fingerprint density at radius 1 is 1.21 bits per heavy atom. The zero-order valence-electron chi connectivity index (χ0n) is 9.98. The van der Waals surface area contributed by atoms with Gasteiger partial charge in [-0.3, -0.25) is 0 Å². The van der Waals surface area contributed by atoms with Gasteiger partial charge in [0, 0.05) is 11.9 Å². The second-order valence-corrected chi connectivity index (χ2v) is 5.23. The summed E-state index contributed by atoms with van der Waals surface area (Å²) in [6.45, 7) is 12.6. The van der Waals surface area contributed by atoms with E-state index >= 15 is 0 Å². The van der Waals surface area contributed by atoms with Gasteiger partial charge in [-0.1, -0.05) is 22.9 Å². The molecule has 3 heteroatoms. The third-order valence-electron chi connectivity index (χ3n) is 2.00. The van der Waals surface area contributed by atoms with E-state index in [1.165, 1.54) is 6.42 Å². The van der Waals surface area contributed by atoms with Crippen LogP contribution in [0.1, 0.15) is 34.1 Å². The van der Waals surface area contributed by atoms with Gasteiger partial charge in [-0.15, -0.1) is 0 Å². The maximum Gasteiger partial charge on any atom is 0.0600 e. The van der Waals surface area contributed by atoms with Crippen molar-refractivity contribution in [3.05, 3.63) is 0 Å². The number of likely N-dealkylation sites (N-methyl/N-ethyl adjacent to an activating group) is 1. The maximum absolute atomic E-state index is 5.69. The van der Waals surface area contributed by atoms with Crippen LogP contribution < -0.4 is 0 Å². The van der Waals surface area contributed by atoms with E-state index in [4.69, 9.17) is 4.74 Å². The molecular weight excluding hydrogens is 242 g/mol. The number of ether oxygens (including phenoxy) is 1. The van der Waals surface area contributed by atoms with Crippen LogP contribution in [0.25, 0.3) is 0 Å². The molecule has 0 fully saturated rings. The van der Waals surface area contributed by atoms with Crippen LogP contribution in [0, 0.1) is 0 Å². The van der Waals surface area contributed by atoms with Gasteiger partial charge in [-0.05, 0) is 40.3 Å². The van der Waals surface area contributed by atoms with Crippen LogP contribution in [-0.2, 0) is 4.74 Å². The molecule has 0 saturated carbocycles. The van der Waals surface area contributed by atoms with Crippen molar-refractivity contribution in [1.82, 2.24) is 4.90 Å². The zero-order chi connectivity index (χ0) is 11.0. The Bertz CT molecular complexity index is 134. The molecule has 0 atom stereocenters. The van der Waals surface area contributed by atoms with E-state index in [9.17, 15) is 0 Å². The van der Waals surface area contributed by atoms with Crippen molar-refractivity contribution >= 4 is 15.9 Å². The first kappa shape index (κ1) is 14.4. The minimum Gasteiger partial charge on any atom is -0.375 e. The molecule has 0 spiro atoms. The number of alkyl halides is 1. The molecular formula is C11H24BrNO. The number of hydrogen-bond acceptors (Lipinski definition) is 2. The Morgan fingerprint density at radius 3 is 2.29 bits per heavy atom. The molecule has 0 heterocycles. The molecule has 0 saturated heterocycles. The molecule has 0 aliphatic rings. The summed E-state index contributed by atoms with van der Waals surface area (Å²) in [4.78, 5) is 2.42. The standard InChI is InChI=1S/C11H24BrNO/c1-5-13(8-6-7-12)9-10-14-11(2,3)4/h5-10H2,1-4H3. The first-order valence-electron chi connectivity index (χ1n) is 5.42. The molecule has 0 aliphatic carbocycles. The predicted octanol–water partition coefficient (Wildman–Crippen LogP) is 2.91. The molecule has 0 rings (SSSR count). The highest BCUT2D eigenvalue weighted by Crippen LogP contribution is 2.06. The Balaban J connectivity index is 3.52. The molecule has 0 amide bonds. The minimum atomic E-state index is -0.00512. The van der Waals surface area contributed by atoms with Gasteiger partial charge in [-0.25, -0.2) is 0 Å². The van der Waals surface area contributed by atoms with Crippen LogP contribution in [0.3, 0.4) is 0 Å². The molecule has 0 bridgehead atoms. The molecule has 2 nitrogen and oxygen atoms in total. The molecule has 14 heavy (non-hydrogen) atoms. The van der Waals surface area contributed by atoms with Crippen LogP contribution in [0.2, 0.25) is 0 Å². The lowest BCUT2D eigenvalue weighted by molar-refractivity contribution is -0.0125. The van der Waals surface area contributed by atoms with E-state index in [0.29, 0.717) is 0 Å². The van der Waals surface area contributed by atoms with Crippen LogP contribution in [-0.4, -0.2) is 42.1 Å². The summed E-state index contributed by atoms with van der Waals surface area (Å²) >= 11 is 3.45. The average molecular weight is 266 g/mol. The summed E-state index contributed by atoms with van der Waals surface area (Å²) in [5, 5.41) is 1.09. The second kappa shape index (κ2) is 7.66. The lowest BCUT2D eigenvalue weighted by atomic mass is 10.2. The Labute approximate surface area is 97.1 Å². The van der Waals surface area contributed by atoms with Crippen molar-refractivity contribution in [2.75, 3.05) is 31.6 Å². The number of hydrogen-bond donors (Lipinski definition) is 0. The van der Waals surface area contributed by atoms with Crippen molar-refractivity contribution in [3.8, 4) is 0 Å². The number of nitrogens with zero attached hydrogens (tertiary/aromatic N) is 1. The number of halogens is 1. The topological polar surface area (TPSA) is 12.5 Å². The van der Waals surface area contributed by atoms with Gasteiger partial charge in [0.1, 0.15) is 0 Å². The molecule has 86 valence electrons. The Hall–Kier alpha value is 0.400. The summed E-state index contributed by atoms with van der Waals surface area (Å²) in [5.74, 6) is 0. The minimum absolute atomic E-state index is 0.00512. The molecule has 0 N–H and O–H groups in total. The number of rotatable bonds is 7. The van der Waals surface area contributed by atoms with E-state index in [0.717, 1.165) is 31.6 Å². The molecule has 0 aromatic heterocycles. The SMILES string of the molecule is CCN(CCCBr)CCOC(C)(C)C. The lowest BCUT2D eigenvalue weighted by Gasteiger charge is -2.24. The van der Waals surface area contributed by atoms with E-state index < -0.39 is 0 Å². The van der Waals surface area contributed by atoms with Gasteiger partial charge in [-0.2, -0.15) is 0 Å². The van der Waals surface area contributed by atoms with Crippen LogP contribution in [0.15, 0.2) is 0 Å². The summed E-state index contributed by atoms with van der Waals surface area (Å²) in [7, 11) is 0. The monoisotopic (exact) mass is 265 g/mol. The first-order chi connectivity index (χ1) is 6.49. The van der Waals surface area contributed by atoms with Gasteiger partial charge in [0.2, 0.25) is 0 Å². The van der Waals surface area contributed by atoms with E-state index in [1.807, 2.05) is 0 Å². The van der Waals surface area contributed by atoms with Crippen LogP contribution in [0.5, 0.6) is 0 Å². The van der Waals surface area contributed by atoms with Gasteiger partial charge in [0.05, 0.1) is 12.2 Å². The zero-order valence-corrected chi connectivity index (χ0v) is 11.6.